The molecule has 0 aliphatic rings. The Morgan fingerprint density at radius 2 is 1.76 bits per heavy atom. The molecule has 0 atom stereocenters. The Kier molecular flexibility index (Phi) is 3.04. The molecular formula is C13H8F3O. The van der Waals surface area contributed by atoms with Gasteiger partial charge in [0.1, 0.15) is 11.5 Å². The summed E-state index contributed by atoms with van der Waals surface area (Å²) in [4.78, 5) is 0. The lowest BCUT2D eigenvalue weighted by atomic mass is 10.2. The van der Waals surface area contributed by atoms with Crippen molar-refractivity contribution in [2.75, 3.05) is 0 Å². The maximum Gasteiger partial charge on any atom is 0.416 e. The Balaban J connectivity index is 2.23. The highest BCUT2D eigenvalue weighted by Gasteiger charge is 2.30. The Morgan fingerprint density at radius 1 is 1.00 bits per heavy atom. The molecule has 0 heterocycles. The summed E-state index contributed by atoms with van der Waals surface area (Å²) >= 11 is 0. The van der Waals surface area contributed by atoms with Crippen LogP contribution in [0.2, 0.25) is 0 Å². The van der Waals surface area contributed by atoms with Crippen LogP contribution in [0, 0.1) is 6.07 Å². The molecule has 2 rings (SSSR count). The van der Waals surface area contributed by atoms with E-state index in [0.717, 1.165) is 12.1 Å². The Labute approximate surface area is 96.5 Å². The first-order chi connectivity index (χ1) is 8.05. The molecule has 0 unspecified atom stereocenters. The highest BCUT2D eigenvalue weighted by molar-refractivity contribution is 5.34. The lowest BCUT2D eigenvalue weighted by Gasteiger charge is -2.09. The Hall–Kier alpha value is -1.97. The molecule has 0 spiro atoms. The molecule has 0 aliphatic heterocycles. The van der Waals surface area contributed by atoms with Gasteiger partial charge in [0.25, 0.3) is 0 Å². The van der Waals surface area contributed by atoms with E-state index in [1.807, 2.05) is 0 Å². The first-order valence-corrected chi connectivity index (χ1v) is 4.87. The molecular weight excluding hydrogens is 229 g/mol. The van der Waals surface area contributed by atoms with Crippen LogP contribution < -0.4 is 4.74 Å². The van der Waals surface area contributed by atoms with E-state index in [4.69, 9.17) is 4.74 Å². The van der Waals surface area contributed by atoms with Crippen LogP contribution in [0.5, 0.6) is 11.5 Å². The SMILES string of the molecule is FC(F)(F)c1cccc(Oc2c[c]ccc2)c1. The van der Waals surface area contributed by atoms with Gasteiger partial charge in [-0.1, -0.05) is 18.2 Å². The summed E-state index contributed by atoms with van der Waals surface area (Å²) in [6.45, 7) is 0. The van der Waals surface area contributed by atoms with Crippen molar-refractivity contribution in [2.24, 2.45) is 0 Å². The van der Waals surface area contributed by atoms with Gasteiger partial charge in [0, 0.05) is 0 Å². The molecule has 0 amide bonds. The zero-order valence-electron chi connectivity index (χ0n) is 8.66. The largest absolute Gasteiger partial charge is 0.457 e. The van der Waals surface area contributed by atoms with Gasteiger partial charge in [-0.25, -0.2) is 0 Å². The van der Waals surface area contributed by atoms with E-state index in [9.17, 15) is 13.2 Å². The van der Waals surface area contributed by atoms with Crippen molar-refractivity contribution in [3.8, 4) is 11.5 Å². The topological polar surface area (TPSA) is 9.23 Å². The smallest absolute Gasteiger partial charge is 0.416 e. The fraction of sp³-hybridized carbons (Fsp3) is 0.0769. The predicted molar refractivity (Wildman–Crippen MR) is 56.8 cm³/mol. The van der Waals surface area contributed by atoms with E-state index in [1.165, 1.54) is 12.1 Å². The van der Waals surface area contributed by atoms with Crippen molar-refractivity contribution in [3.63, 3.8) is 0 Å². The average molecular weight is 237 g/mol. The second-order valence-electron chi connectivity index (χ2n) is 3.37. The minimum absolute atomic E-state index is 0.152. The monoisotopic (exact) mass is 237 g/mol. The Bertz CT molecular complexity index is 492. The van der Waals surface area contributed by atoms with Crippen molar-refractivity contribution < 1.29 is 17.9 Å². The third-order valence-electron chi connectivity index (χ3n) is 2.08. The number of rotatable bonds is 2. The molecule has 0 aromatic heterocycles. The van der Waals surface area contributed by atoms with E-state index < -0.39 is 11.7 Å². The van der Waals surface area contributed by atoms with Crippen LogP contribution in [-0.4, -0.2) is 0 Å². The quantitative estimate of drug-likeness (QED) is 0.756. The van der Waals surface area contributed by atoms with Crippen molar-refractivity contribution in [3.05, 3.63) is 60.2 Å². The van der Waals surface area contributed by atoms with Crippen LogP contribution in [0.15, 0.2) is 48.5 Å². The van der Waals surface area contributed by atoms with Gasteiger partial charge in [-0.3, -0.25) is 0 Å². The highest BCUT2D eigenvalue weighted by atomic mass is 19.4. The summed E-state index contributed by atoms with van der Waals surface area (Å²) in [5.41, 5.74) is -0.727. The summed E-state index contributed by atoms with van der Waals surface area (Å²) in [7, 11) is 0. The van der Waals surface area contributed by atoms with Crippen molar-refractivity contribution in [1.29, 1.82) is 0 Å². The van der Waals surface area contributed by atoms with E-state index in [-0.39, 0.29) is 5.75 Å². The lowest BCUT2D eigenvalue weighted by Crippen LogP contribution is -2.04. The molecule has 0 saturated carbocycles. The zero-order chi connectivity index (χ0) is 12.3. The number of alkyl halides is 3. The Morgan fingerprint density at radius 3 is 2.41 bits per heavy atom. The first-order valence-electron chi connectivity index (χ1n) is 4.87. The van der Waals surface area contributed by atoms with E-state index >= 15 is 0 Å². The van der Waals surface area contributed by atoms with Gasteiger partial charge in [-0.05, 0) is 36.4 Å². The van der Waals surface area contributed by atoms with Crippen LogP contribution >= 0.6 is 0 Å². The van der Waals surface area contributed by atoms with E-state index in [2.05, 4.69) is 6.07 Å². The second kappa shape index (κ2) is 4.49. The van der Waals surface area contributed by atoms with Gasteiger partial charge in [-0.15, -0.1) is 0 Å². The molecule has 87 valence electrons. The van der Waals surface area contributed by atoms with Gasteiger partial charge in [0.2, 0.25) is 0 Å². The summed E-state index contributed by atoms with van der Waals surface area (Å²) in [5, 5.41) is 0. The fourth-order valence-electron chi connectivity index (χ4n) is 1.31. The molecule has 2 aromatic carbocycles. The maximum atomic E-state index is 12.4. The standard InChI is InChI=1S/C13H8F3O/c14-13(15,16)10-5-4-8-12(9-10)17-11-6-2-1-3-7-11/h1-2,4-9H. The average Bonchev–Trinajstić information content (AvgIpc) is 2.29. The van der Waals surface area contributed by atoms with Crippen LogP contribution in [0.25, 0.3) is 0 Å². The lowest BCUT2D eigenvalue weighted by molar-refractivity contribution is -0.137. The summed E-state index contributed by atoms with van der Waals surface area (Å²) in [6.07, 6.45) is -4.36. The number of benzene rings is 2. The first kappa shape index (κ1) is 11.5. The van der Waals surface area contributed by atoms with Crippen LogP contribution in [0.3, 0.4) is 0 Å². The van der Waals surface area contributed by atoms with Gasteiger partial charge in [0.15, 0.2) is 0 Å². The molecule has 1 nitrogen and oxygen atoms in total. The highest BCUT2D eigenvalue weighted by Crippen LogP contribution is 2.32. The van der Waals surface area contributed by atoms with Crippen molar-refractivity contribution >= 4 is 0 Å². The zero-order valence-corrected chi connectivity index (χ0v) is 8.66. The van der Waals surface area contributed by atoms with Gasteiger partial charge in [-0.2, -0.15) is 13.2 Å². The number of hydrogen-bond donors (Lipinski definition) is 0. The second-order valence-corrected chi connectivity index (χ2v) is 3.37. The molecule has 2 aromatic rings. The maximum absolute atomic E-state index is 12.4. The van der Waals surface area contributed by atoms with Crippen LogP contribution in [0.1, 0.15) is 5.56 Å². The molecule has 0 aliphatic carbocycles. The third kappa shape index (κ3) is 3.00. The molecule has 0 fully saturated rings. The number of hydrogen-bond acceptors (Lipinski definition) is 1. The normalized spacial score (nSPS) is 11.2. The van der Waals surface area contributed by atoms with Crippen molar-refractivity contribution in [2.45, 2.75) is 6.18 Å². The number of halogens is 3. The summed E-state index contributed by atoms with van der Waals surface area (Å²) < 4.78 is 42.6. The predicted octanol–water partition coefficient (Wildman–Crippen LogP) is 4.30. The number of ether oxygens (including phenoxy) is 1. The van der Waals surface area contributed by atoms with Gasteiger partial charge < -0.3 is 4.74 Å². The van der Waals surface area contributed by atoms with Crippen LogP contribution in [-0.2, 0) is 6.18 Å². The van der Waals surface area contributed by atoms with Crippen LogP contribution in [0.4, 0.5) is 13.2 Å². The minimum Gasteiger partial charge on any atom is -0.457 e. The van der Waals surface area contributed by atoms with Crippen molar-refractivity contribution in [1.82, 2.24) is 0 Å². The van der Waals surface area contributed by atoms with Gasteiger partial charge >= 0.3 is 6.18 Å². The molecule has 1 radical (unpaired) electrons. The minimum atomic E-state index is -4.36. The molecule has 0 bridgehead atoms. The third-order valence-corrected chi connectivity index (χ3v) is 2.08. The molecule has 4 heteroatoms. The summed E-state index contributed by atoms with van der Waals surface area (Å²) in [6, 6.07) is 14.1. The fourth-order valence-corrected chi connectivity index (χ4v) is 1.31. The van der Waals surface area contributed by atoms with E-state index in [0.29, 0.717) is 5.75 Å². The molecule has 0 N–H and O–H groups in total. The summed E-state index contributed by atoms with van der Waals surface area (Å²) in [5.74, 6) is 0.603. The van der Waals surface area contributed by atoms with Gasteiger partial charge in [0.05, 0.1) is 5.56 Å². The van der Waals surface area contributed by atoms with E-state index in [1.54, 1.807) is 24.3 Å². The molecule has 0 saturated heterocycles. The molecule has 17 heavy (non-hydrogen) atoms.